The van der Waals surface area contributed by atoms with Gasteiger partial charge in [-0.15, -0.1) is 0 Å². The Kier molecular flexibility index (Phi) is 7.92. The quantitative estimate of drug-likeness (QED) is 0.459. The molecule has 1 fully saturated rings. The Morgan fingerprint density at radius 1 is 1.38 bits per heavy atom. The summed E-state index contributed by atoms with van der Waals surface area (Å²) in [7, 11) is -1.71. The first kappa shape index (κ1) is 20.7. The molecular formula is C17H30N4O4S. The molecule has 0 radical (unpaired) electrons. The minimum absolute atomic E-state index is 0.0153. The van der Waals surface area contributed by atoms with Gasteiger partial charge in [-0.2, -0.15) is 0 Å². The van der Waals surface area contributed by atoms with Crippen LogP contribution >= 0.6 is 0 Å². The highest BCUT2D eigenvalue weighted by molar-refractivity contribution is 7.89. The fraction of sp³-hybridized carbons (Fsp3) is 0.706. The zero-order chi connectivity index (χ0) is 19.0. The van der Waals surface area contributed by atoms with Gasteiger partial charge in [-0.25, -0.2) is 13.1 Å². The molecule has 26 heavy (non-hydrogen) atoms. The van der Waals surface area contributed by atoms with E-state index in [1.807, 2.05) is 26.0 Å². The van der Waals surface area contributed by atoms with Crippen LogP contribution in [-0.4, -0.2) is 53.0 Å². The van der Waals surface area contributed by atoms with Crippen molar-refractivity contribution in [3.05, 3.63) is 23.7 Å². The summed E-state index contributed by atoms with van der Waals surface area (Å²) in [6.45, 7) is 5.14. The fourth-order valence-electron chi connectivity index (χ4n) is 2.72. The molecule has 0 saturated carbocycles. The first-order chi connectivity index (χ1) is 12.4. The molecule has 9 heteroatoms. The van der Waals surface area contributed by atoms with Gasteiger partial charge in [0.05, 0.1) is 17.9 Å². The summed E-state index contributed by atoms with van der Waals surface area (Å²) in [5.74, 6) is 2.13. The molecule has 148 valence electrons. The molecule has 2 atom stereocenters. The van der Waals surface area contributed by atoms with Crippen molar-refractivity contribution in [1.82, 2.24) is 15.4 Å². The monoisotopic (exact) mass is 386 g/mol. The third-order valence-electron chi connectivity index (χ3n) is 4.23. The van der Waals surface area contributed by atoms with Crippen LogP contribution < -0.4 is 15.4 Å². The van der Waals surface area contributed by atoms with Crippen LogP contribution in [0.4, 0.5) is 0 Å². The van der Waals surface area contributed by atoms with E-state index in [0.717, 1.165) is 30.8 Å². The third kappa shape index (κ3) is 6.97. The minimum Gasteiger partial charge on any atom is -0.464 e. The van der Waals surface area contributed by atoms with E-state index in [1.165, 1.54) is 0 Å². The number of nitrogens with zero attached hydrogens (tertiary/aromatic N) is 1. The Labute approximate surface area is 155 Å². The number of guanidine groups is 1. The Balaban J connectivity index is 1.71. The van der Waals surface area contributed by atoms with E-state index in [9.17, 15) is 8.42 Å². The third-order valence-corrected chi connectivity index (χ3v) is 5.58. The molecule has 2 rings (SSSR count). The summed E-state index contributed by atoms with van der Waals surface area (Å²) in [5, 5.41) is 6.19. The standard InChI is InChI=1S/C17H30N4O4S/c1-13-7-8-16(25-13)14(2)21-17(18-3)19-9-11-26(22,23)20-12-15-6-4-5-10-24-15/h7-8,14-15,20H,4-6,9-12H2,1-3H3,(H2,18,19,21). The number of aliphatic imine (C=N–C) groups is 1. The van der Waals surface area contributed by atoms with Crippen molar-refractivity contribution in [2.75, 3.05) is 32.5 Å². The van der Waals surface area contributed by atoms with Crippen molar-refractivity contribution < 1.29 is 17.6 Å². The van der Waals surface area contributed by atoms with E-state index in [0.29, 0.717) is 19.1 Å². The average molecular weight is 387 g/mol. The summed E-state index contributed by atoms with van der Waals surface area (Å²) in [5.41, 5.74) is 0. The minimum atomic E-state index is -3.36. The van der Waals surface area contributed by atoms with Crippen LogP contribution in [0.2, 0.25) is 0 Å². The molecule has 1 aromatic rings. The van der Waals surface area contributed by atoms with E-state index in [1.54, 1.807) is 7.05 Å². The molecule has 1 aliphatic heterocycles. The smallest absolute Gasteiger partial charge is 0.213 e. The molecule has 0 aliphatic carbocycles. The lowest BCUT2D eigenvalue weighted by molar-refractivity contribution is 0.0200. The second-order valence-electron chi connectivity index (χ2n) is 6.47. The largest absolute Gasteiger partial charge is 0.464 e. The summed E-state index contributed by atoms with van der Waals surface area (Å²) < 4.78 is 38.0. The molecule has 0 spiro atoms. The van der Waals surface area contributed by atoms with Crippen LogP contribution in [0.5, 0.6) is 0 Å². The highest BCUT2D eigenvalue weighted by atomic mass is 32.2. The van der Waals surface area contributed by atoms with Crippen LogP contribution in [0.15, 0.2) is 21.5 Å². The van der Waals surface area contributed by atoms with E-state index in [-0.39, 0.29) is 24.4 Å². The van der Waals surface area contributed by atoms with Gasteiger partial charge in [0.25, 0.3) is 0 Å². The molecule has 1 aliphatic rings. The van der Waals surface area contributed by atoms with Gasteiger partial charge in [-0.1, -0.05) is 0 Å². The molecule has 0 amide bonds. The van der Waals surface area contributed by atoms with Crippen molar-refractivity contribution in [3.8, 4) is 0 Å². The lowest BCUT2D eigenvalue weighted by Gasteiger charge is -2.22. The maximum Gasteiger partial charge on any atom is 0.213 e. The van der Waals surface area contributed by atoms with Crippen molar-refractivity contribution in [2.24, 2.45) is 4.99 Å². The van der Waals surface area contributed by atoms with Crippen LogP contribution in [0.3, 0.4) is 0 Å². The summed E-state index contributed by atoms with van der Waals surface area (Å²) in [4.78, 5) is 4.12. The molecule has 3 N–H and O–H groups in total. The number of sulfonamides is 1. The summed E-state index contributed by atoms with van der Waals surface area (Å²) in [6.07, 6.45) is 3.03. The fourth-order valence-corrected chi connectivity index (χ4v) is 3.68. The summed E-state index contributed by atoms with van der Waals surface area (Å²) in [6, 6.07) is 3.73. The molecule has 1 aromatic heterocycles. The van der Waals surface area contributed by atoms with Crippen molar-refractivity contribution >= 4 is 16.0 Å². The normalized spacial score (nSPS) is 20.0. The molecular weight excluding hydrogens is 356 g/mol. The number of rotatable bonds is 8. The molecule has 2 heterocycles. The topological polar surface area (TPSA) is 105 Å². The molecule has 1 saturated heterocycles. The lowest BCUT2D eigenvalue weighted by Crippen LogP contribution is -2.43. The Morgan fingerprint density at radius 2 is 2.19 bits per heavy atom. The van der Waals surface area contributed by atoms with Gasteiger partial charge < -0.3 is 19.8 Å². The highest BCUT2D eigenvalue weighted by Crippen LogP contribution is 2.15. The summed E-state index contributed by atoms with van der Waals surface area (Å²) >= 11 is 0. The van der Waals surface area contributed by atoms with E-state index >= 15 is 0 Å². The van der Waals surface area contributed by atoms with Crippen LogP contribution in [-0.2, 0) is 14.8 Å². The van der Waals surface area contributed by atoms with Gasteiger partial charge in [0.15, 0.2) is 5.96 Å². The predicted octanol–water partition coefficient (Wildman–Crippen LogP) is 1.30. The lowest BCUT2D eigenvalue weighted by atomic mass is 10.1. The van der Waals surface area contributed by atoms with Gasteiger partial charge in [0.1, 0.15) is 11.5 Å². The number of hydrogen-bond donors (Lipinski definition) is 3. The molecule has 2 unspecified atom stereocenters. The molecule has 0 bridgehead atoms. The first-order valence-corrected chi connectivity index (χ1v) is 10.7. The maximum atomic E-state index is 12.1. The average Bonchev–Trinajstić information content (AvgIpc) is 3.06. The molecule has 8 nitrogen and oxygen atoms in total. The Hall–Kier alpha value is -1.58. The van der Waals surface area contributed by atoms with Crippen molar-refractivity contribution in [2.45, 2.75) is 45.3 Å². The molecule has 0 aromatic carbocycles. The highest BCUT2D eigenvalue weighted by Gasteiger charge is 2.18. The SMILES string of the molecule is CN=C(NCCS(=O)(=O)NCC1CCCCO1)NC(C)c1ccc(C)o1. The van der Waals surface area contributed by atoms with E-state index < -0.39 is 10.0 Å². The number of ether oxygens (including phenoxy) is 1. The van der Waals surface area contributed by atoms with Crippen molar-refractivity contribution in [1.29, 1.82) is 0 Å². The first-order valence-electron chi connectivity index (χ1n) is 9.02. The second kappa shape index (κ2) is 9.94. The number of aryl methyl sites for hydroxylation is 1. The number of nitrogens with one attached hydrogen (secondary N) is 3. The van der Waals surface area contributed by atoms with Crippen LogP contribution in [0, 0.1) is 6.92 Å². The maximum absolute atomic E-state index is 12.1. The second-order valence-corrected chi connectivity index (χ2v) is 8.40. The van der Waals surface area contributed by atoms with Gasteiger partial charge in [0, 0.05) is 26.7 Å². The van der Waals surface area contributed by atoms with E-state index in [2.05, 4.69) is 20.3 Å². The number of hydrogen-bond acceptors (Lipinski definition) is 5. The zero-order valence-corrected chi connectivity index (χ0v) is 16.6. The van der Waals surface area contributed by atoms with Gasteiger partial charge >= 0.3 is 0 Å². The van der Waals surface area contributed by atoms with Gasteiger partial charge in [-0.3, -0.25) is 4.99 Å². The Bertz CT molecular complexity index is 681. The number of furan rings is 1. The van der Waals surface area contributed by atoms with Gasteiger partial charge in [-0.05, 0) is 45.2 Å². The zero-order valence-electron chi connectivity index (χ0n) is 15.7. The predicted molar refractivity (Wildman–Crippen MR) is 102 cm³/mol. The Morgan fingerprint density at radius 3 is 2.81 bits per heavy atom. The van der Waals surface area contributed by atoms with Crippen LogP contribution in [0.25, 0.3) is 0 Å². The van der Waals surface area contributed by atoms with Gasteiger partial charge in [0.2, 0.25) is 10.0 Å². The van der Waals surface area contributed by atoms with Crippen molar-refractivity contribution in [3.63, 3.8) is 0 Å². The van der Waals surface area contributed by atoms with Crippen LogP contribution in [0.1, 0.15) is 43.7 Å². The van der Waals surface area contributed by atoms with E-state index in [4.69, 9.17) is 9.15 Å².